The van der Waals surface area contributed by atoms with Crippen molar-refractivity contribution in [2.75, 3.05) is 0 Å². The second-order valence-corrected chi connectivity index (χ2v) is 0. The van der Waals surface area contributed by atoms with Crippen LogP contribution >= 0.6 is 0 Å². The number of hydrogen-bond acceptors (Lipinski definition) is 1. The van der Waals surface area contributed by atoms with E-state index in [0.29, 0.717) is 0 Å². The molecule has 0 bridgehead atoms. The number of hydrogen-bond donors (Lipinski definition) is 0. The topological polar surface area (TPSA) is 30.0 Å². The van der Waals surface area contributed by atoms with Gasteiger partial charge in [-0.15, -0.1) is 0 Å². The van der Waals surface area contributed by atoms with Crippen LogP contribution in [0.1, 0.15) is 0 Å². The van der Waals surface area contributed by atoms with Gasteiger partial charge in [0, 0.05) is 21.7 Å². The van der Waals surface area contributed by atoms with Gasteiger partial charge in [-0.25, -0.2) is 0 Å². The van der Waals surface area contributed by atoms with Crippen molar-refractivity contribution < 1.29 is 27.2 Å². The fraction of sp³-hybridized carbons (Fsp3) is 0. The summed E-state index contributed by atoms with van der Waals surface area (Å²) in [5, 5.41) is 0. The van der Waals surface area contributed by atoms with Crippen LogP contribution in [0.15, 0.2) is 0 Å². The molecule has 0 saturated carbocycles. The predicted octanol–water partition coefficient (Wildman–Crippen LogP) is -2.01. The summed E-state index contributed by atoms with van der Waals surface area (Å²) in [4.78, 5) is 0. The zero-order chi connectivity index (χ0) is 0. The molecule has 0 aromatic heterocycles. The average molecular weight is 136 g/mol. The Morgan fingerprint density at radius 1 is 1.00 bits per heavy atom. The summed E-state index contributed by atoms with van der Waals surface area (Å²) in [6, 6.07) is 0. The van der Waals surface area contributed by atoms with E-state index in [1.54, 1.807) is 0 Å². The molecule has 0 aromatic rings. The first-order valence-corrected chi connectivity index (χ1v) is 0. The van der Waals surface area contributed by atoms with Crippen LogP contribution in [0, 0.1) is 0 Å². The van der Waals surface area contributed by atoms with Crippen molar-refractivity contribution in [2.24, 2.45) is 0 Å². The average Bonchev–Trinajstić information content (AvgIpc) is 0. The first-order valence-electron chi connectivity index (χ1n) is 0. The van der Waals surface area contributed by atoms with Gasteiger partial charge in [0.25, 0.3) is 0 Å². The van der Waals surface area contributed by atoms with Crippen molar-refractivity contribution in [2.45, 2.75) is 0 Å². The summed E-state index contributed by atoms with van der Waals surface area (Å²) in [6.07, 6.45) is 0. The predicted molar refractivity (Wildman–Crippen MR) is 19.0 cm³/mol. The molecule has 4 heavy (non-hydrogen) atoms. The van der Waals surface area contributed by atoms with E-state index in [2.05, 4.69) is 0 Å². The van der Waals surface area contributed by atoms with Crippen LogP contribution < -0.4 is 0 Å². The fourth-order valence-corrected chi connectivity index (χ4v) is 0. The Bertz CT molecular complexity index is 8.00. The minimum absolute atomic E-state index is 0. The quantitative estimate of drug-likeness (QED) is 0.354. The van der Waals surface area contributed by atoms with Crippen molar-refractivity contribution in [3.8, 4) is 0 Å². The Morgan fingerprint density at radius 2 is 1.00 bits per heavy atom. The Kier molecular flexibility index (Phi) is 142. The summed E-state index contributed by atoms with van der Waals surface area (Å²) < 4.78 is 0. The van der Waals surface area contributed by atoms with Gasteiger partial charge in [0.2, 0.25) is 0 Å². The molecule has 1 nitrogen and oxygen atoms in total. The van der Waals surface area contributed by atoms with Crippen molar-refractivity contribution in [1.82, 2.24) is 0 Å². The zero-order valence-corrected chi connectivity index (χ0v) is 6.63. The van der Waals surface area contributed by atoms with Crippen molar-refractivity contribution in [3.63, 3.8) is 0 Å². The van der Waals surface area contributed by atoms with Gasteiger partial charge < -0.3 is 5.48 Å². The van der Waals surface area contributed by atoms with Gasteiger partial charge in [0.15, 0.2) is 17.4 Å². The molecule has 0 amide bonds. The molecule has 0 heterocycles. The van der Waals surface area contributed by atoms with Gasteiger partial charge in [0.05, 0.1) is 0 Å². The van der Waals surface area contributed by atoms with E-state index >= 15 is 0 Å². The molecule has 0 unspecified atom stereocenters. The Labute approximate surface area is 80.8 Å². The molecular weight excluding hydrogens is 131 g/mol. The largest absolute Gasteiger partial charge is 0.870 e. The van der Waals surface area contributed by atoms with E-state index in [1.807, 2.05) is 0 Å². The van der Waals surface area contributed by atoms with Crippen LogP contribution in [0.5, 0.6) is 0 Å². The van der Waals surface area contributed by atoms with Crippen molar-refractivity contribution in [1.29, 1.82) is 0 Å². The molecule has 0 spiro atoms. The van der Waals surface area contributed by atoms with Gasteiger partial charge in [-0.05, 0) is 0 Å². The van der Waals surface area contributed by atoms with Crippen LogP contribution in [0.3, 0.4) is 0 Å². The minimum Gasteiger partial charge on any atom is -0.870 e. The maximum Gasteiger partial charge on any atom is 0 e. The van der Waals surface area contributed by atoms with Gasteiger partial charge in [-0.3, -0.25) is 0 Å². The molecule has 0 fully saturated rings. The van der Waals surface area contributed by atoms with Crippen molar-refractivity contribution in [3.05, 3.63) is 0 Å². The van der Waals surface area contributed by atoms with E-state index in [9.17, 15) is 0 Å². The van der Waals surface area contributed by atoms with E-state index in [-0.39, 0.29) is 82.3 Å². The summed E-state index contributed by atoms with van der Waals surface area (Å²) in [5.41, 5.74) is 0. The molecule has 0 radical (unpaired) electrons. The summed E-state index contributed by atoms with van der Waals surface area (Å²) in [7, 11) is 0. The molecule has 1 N–H and O–H groups in total. The van der Waals surface area contributed by atoms with E-state index in [1.165, 1.54) is 0 Å². The normalized spacial score (nSPS) is 0. The molecule has 0 aliphatic heterocycles. The SMILES string of the molecule is [AlH3].[CaH+].[OH-].[Ti]. The van der Waals surface area contributed by atoms with Crippen LogP contribution in [-0.4, -0.2) is 60.6 Å². The van der Waals surface area contributed by atoms with Crippen LogP contribution in [0.2, 0.25) is 0 Å². The molecule has 4 heteroatoms. The molecule has 20 valence electrons. The van der Waals surface area contributed by atoms with Crippen LogP contribution in [0.4, 0.5) is 0 Å². The number of rotatable bonds is 0. The maximum atomic E-state index is 0. The Balaban J connectivity index is 0. The van der Waals surface area contributed by atoms with Crippen LogP contribution in [0.25, 0.3) is 0 Å². The second-order valence-electron chi connectivity index (χ2n) is 0. The second kappa shape index (κ2) is 17.9. The Morgan fingerprint density at radius 3 is 1.00 bits per heavy atom. The van der Waals surface area contributed by atoms with Gasteiger partial charge in [-0.1, -0.05) is 0 Å². The van der Waals surface area contributed by atoms with E-state index in [0.717, 1.165) is 0 Å². The molecule has 0 saturated heterocycles. The summed E-state index contributed by atoms with van der Waals surface area (Å²) in [6.45, 7) is 0. The van der Waals surface area contributed by atoms with E-state index in [4.69, 9.17) is 0 Å². The van der Waals surface area contributed by atoms with Gasteiger partial charge in [0.1, 0.15) is 0 Å². The summed E-state index contributed by atoms with van der Waals surface area (Å²) >= 11 is 0. The zero-order valence-electron chi connectivity index (χ0n) is 1.95. The molecule has 0 rings (SSSR count). The smallest absolute Gasteiger partial charge is 0 e. The fourth-order valence-electron chi connectivity index (χ4n) is 0. The maximum absolute atomic E-state index is 0. The van der Waals surface area contributed by atoms with Crippen molar-refractivity contribution >= 4 is 55.1 Å². The first kappa shape index (κ1) is 31.8. The minimum atomic E-state index is 0. The summed E-state index contributed by atoms with van der Waals surface area (Å²) in [5.74, 6) is 0. The molecule has 0 aliphatic rings. The van der Waals surface area contributed by atoms with Gasteiger partial charge >= 0.3 is 37.7 Å². The van der Waals surface area contributed by atoms with Crippen LogP contribution in [-0.2, 0) is 21.7 Å². The third kappa shape index (κ3) is 8.82. The third-order valence-corrected chi connectivity index (χ3v) is 0. The third-order valence-electron chi connectivity index (χ3n) is 0. The van der Waals surface area contributed by atoms with E-state index < -0.39 is 0 Å². The molecule has 0 atom stereocenters. The van der Waals surface area contributed by atoms with Gasteiger partial charge in [-0.2, -0.15) is 0 Å². The first-order chi connectivity index (χ1) is 0. The Hall–Kier alpha value is 2.47. The molecular formula is H5AlCaOTi. The molecule has 0 aromatic carbocycles. The standard InChI is InChI=1S/Al.Ca.H2O.Ti.4H/h;;1H2;;;;;/q;+1;;;;;;/p-1. The molecule has 0 aliphatic carbocycles. The monoisotopic (exact) mass is 136 g/mol.